The summed E-state index contributed by atoms with van der Waals surface area (Å²) in [5.41, 5.74) is 0.0808. The molecular weight excluding hydrogens is 441 g/mol. The number of fused-ring (bicyclic) bond motifs is 2. The van der Waals surface area contributed by atoms with Crippen molar-refractivity contribution in [2.45, 2.75) is 37.9 Å². The van der Waals surface area contributed by atoms with Gasteiger partial charge in [-0.1, -0.05) is 24.8 Å². The summed E-state index contributed by atoms with van der Waals surface area (Å²) in [6.45, 7) is 5.68. The fraction of sp³-hybridized carbons (Fsp3) is 0.462. The highest BCUT2D eigenvalue weighted by Crippen LogP contribution is 2.39. The summed E-state index contributed by atoms with van der Waals surface area (Å²) >= 11 is 0. The Balaban J connectivity index is 1.44. The zero-order chi connectivity index (χ0) is 23.9. The van der Waals surface area contributed by atoms with Crippen molar-refractivity contribution in [2.24, 2.45) is 17.8 Å². The summed E-state index contributed by atoms with van der Waals surface area (Å²) < 4.78 is 40.8. The molecule has 0 radical (unpaired) electrons. The average Bonchev–Trinajstić information content (AvgIpc) is 3.45. The predicted molar refractivity (Wildman–Crippen MR) is 128 cm³/mol. The second kappa shape index (κ2) is 9.06. The molecule has 2 aromatic rings. The van der Waals surface area contributed by atoms with Crippen molar-refractivity contribution >= 4 is 34.0 Å². The van der Waals surface area contributed by atoms with Crippen LogP contribution in [0.5, 0.6) is 0 Å². The Kier molecular flexibility index (Phi) is 6.10. The number of nitrogens with zero attached hydrogens (tertiary/aromatic N) is 1. The van der Waals surface area contributed by atoms with Crippen LogP contribution in [-0.4, -0.2) is 42.7 Å². The number of nitrogens with one attached hydrogen (secondary N) is 3. The van der Waals surface area contributed by atoms with Gasteiger partial charge in [0.25, 0.3) is 0 Å². The van der Waals surface area contributed by atoms with E-state index < -0.39 is 11.7 Å². The van der Waals surface area contributed by atoms with E-state index in [0.717, 1.165) is 44.5 Å². The normalized spacial score (nSPS) is 24.5. The number of hydrogen-bond donors (Lipinski definition) is 3. The fourth-order valence-electron chi connectivity index (χ4n) is 5.21. The second-order valence-corrected chi connectivity index (χ2v) is 9.69. The van der Waals surface area contributed by atoms with Gasteiger partial charge in [-0.25, -0.2) is 4.98 Å². The van der Waals surface area contributed by atoms with Crippen LogP contribution in [0.25, 0.3) is 22.4 Å². The molecule has 2 aliphatic carbocycles. The van der Waals surface area contributed by atoms with Crippen LogP contribution in [0.15, 0.2) is 36.9 Å². The molecule has 5 rings (SSSR count). The summed E-state index contributed by atoms with van der Waals surface area (Å²) in [6.07, 6.45) is 2.72. The standard InChI is InChI=1S/C26H29F3N4O/c1-15(26(27,28)29)24-21-5-2-6-23(32-20-10-17-13-30-14-18(17)11-20)22(21)12-19(33-24)4-3-9-31-25(34)16-7-8-16/h2-6,12,16-18,20,30,32H,1,7-11,13-14H2,(H,31,34)/b4-3+. The molecule has 3 N–H and O–H groups in total. The average molecular weight is 471 g/mol. The molecule has 2 saturated carbocycles. The van der Waals surface area contributed by atoms with Crippen LogP contribution in [0.3, 0.4) is 0 Å². The maximum atomic E-state index is 13.6. The topological polar surface area (TPSA) is 66.0 Å². The molecule has 1 amide bonds. The minimum atomic E-state index is -4.58. The van der Waals surface area contributed by atoms with Crippen LogP contribution in [0.1, 0.15) is 37.1 Å². The van der Waals surface area contributed by atoms with E-state index in [9.17, 15) is 18.0 Å². The van der Waals surface area contributed by atoms with Gasteiger partial charge < -0.3 is 16.0 Å². The lowest BCUT2D eigenvalue weighted by Crippen LogP contribution is -2.24. The summed E-state index contributed by atoms with van der Waals surface area (Å²) in [5, 5.41) is 11.0. The number of amides is 1. The number of hydrogen-bond acceptors (Lipinski definition) is 4. The quantitative estimate of drug-likeness (QED) is 0.546. The summed E-state index contributed by atoms with van der Waals surface area (Å²) in [7, 11) is 0. The second-order valence-electron chi connectivity index (χ2n) is 9.69. The summed E-state index contributed by atoms with van der Waals surface area (Å²) in [5.74, 6) is 1.43. The lowest BCUT2D eigenvalue weighted by Gasteiger charge is -2.19. The van der Waals surface area contributed by atoms with Gasteiger partial charge in [0, 0.05) is 35.0 Å². The minimum Gasteiger partial charge on any atom is -0.382 e. The van der Waals surface area contributed by atoms with E-state index in [4.69, 9.17) is 0 Å². The number of anilines is 1. The Morgan fingerprint density at radius 1 is 1.18 bits per heavy atom. The lowest BCUT2D eigenvalue weighted by atomic mass is 10.0. The molecule has 0 bridgehead atoms. The molecule has 1 aromatic carbocycles. The summed E-state index contributed by atoms with van der Waals surface area (Å²) in [6, 6.07) is 7.44. The van der Waals surface area contributed by atoms with Crippen LogP contribution < -0.4 is 16.0 Å². The number of carbonyl (C=O) groups excluding carboxylic acids is 1. The van der Waals surface area contributed by atoms with Crippen molar-refractivity contribution in [3.05, 3.63) is 48.3 Å². The van der Waals surface area contributed by atoms with Crippen molar-refractivity contribution in [1.82, 2.24) is 15.6 Å². The molecule has 2 heterocycles. The highest BCUT2D eigenvalue weighted by molar-refractivity contribution is 6.00. The molecule has 3 fully saturated rings. The number of carbonyl (C=O) groups is 1. The van der Waals surface area contributed by atoms with E-state index in [1.54, 1.807) is 30.4 Å². The van der Waals surface area contributed by atoms with Crippen molar-refractivity contribution in [3.63, 3.8) is 0 Å². The first-order valence-electron chi connectivity index (χ1n) is 11.9. The van der Waals surface area contributed by atoms with Crippen molar-refractivity contribution in [1.29, 1.82) is 0 Å². The molecule has 0 spiro atoms. The smallest absolute Gasteiger partial charge is 0.382 e. The number of allylic oxidation sites excluding steroid dienone is 1. The van der Waals surface area contributed by atoms with Gasteiger partial charge in [0.05, 0.1) is 17.0 Å². The highest BCUT2D eigenvalue weighted by Gasteiger charge is 2.38. The first-order chi connectivity index (χ1) is 16.3. The van der Waals surface area contributed by atoms with Gasteiger partial charge >= 0.3 is 6.18 Å². The van der Waals surface area contributed by atoms with Crippen LogP contribution >= 0.6 is 0 Å². The lowest BCUT2D eigenvalue weighted by molar-refractivity contribution is -0.122. The van der Waals surface area contributed by atoms with Crippen LogP contribution in [0, 0.1) is 17.8 Å². The van der Waals surface area contributed by atoms with Gasteiger partial charge in [-0.2, -0.15) is 13.2 Å². The Hall–Kier alpha value is -2.87. The Morgan fingerprint density at radius 3 is 2.59 bits per heavy atom. The third-order valence-corrected chi connectivity index (χ3v) is 7.17. The van der Waals surface area contributed by atoms with Gasteiger partial charge in [0.15, 0.2) is 0 Å². The summed E-state index contributed by atoms with van der Waals surface area (Å²) in [4.78, 5) is 16.1. The molecule has 5 nitrogen and oxygen atoms in total. The van der Waals surface area contributed by atoms with Crippen LogP contribution in [0.4, 0.5) is 18.9 Å². The fourth-order valence-corrected chi connectivity index (χ4v) is 5.21. The Bertz CT molecular complexity index is 1130. The molecule has 1 saturated heterocycles. The SMILES string of the molecule is C=C(c1nc(/C=C/CNC(=O)C2CC2)cc2c(NC3CC4CNCC4C3)cccc12)C(F)(F)F. The van der Waals surface area contributed by atoms with Crippen molar-refractivity contribution in [2.75, 3.05) is 25.0 Å². The Labute approximate surface area is 196 Å². The van der Waals surface area contributed by atoms with Crippen molar-refractivity contribution in [3.8, 4) is 0 Å². The number of rotatable bonds is 7. The number of halogens is 3. The van der Waals surface area contributed by atoms with E-state index in [2.05, 4.69) is 27.5 Å². The van der Waals surface area contributed by atoms with E-state index >= 15 is 0 Å². The number of benzene rings is 1. The zero-order valence-electron chi connectivity index (χ0n) is 18.9. The molecule has 3 aliphatic rings. The zero-order valence-corrected chi connectivity index (χ0v) is 18.9. The van der Waals surface area contributed by atoms with Gasteiger partial charge in [0.2, 0.25) is 5.91 Å². The molecule has 1 aromatic heterocycles. The van der Waals surface area contributed by atoms with E-state index in [0.29, 0.717) is 40.9 Å². The van der Waals surface area contributed by atoms with E-state index in [1.807, 2.05) is 6.07 Å². The third-order valence-electron chi connectivity index (χ3n) is 7.17. The van der Waals surface area contributed by atoms with Crippen molar-refractivity contribution < 1.29 is 18.0 Å². The molecule has 2 unspecified atom stereocenters. The monoisotopic (exact) mass is 470 g/mol. The molecule has 8 heteroatoms. The number of alkyl halides is 3. The van der Waals surface area contributed by atoms with Gasteiger partial charge in [-0.15, -0.1) is 0 Å². The van der Waals surface area contributed by atoms with E-state index in [-0.39, 0.29) is 17.5 Å². The largest absolute Gasteiger partial charge is 0.417 e. The van der Waals surface area contributed by atoms with Gasteiger partial charge in [-0.05, 0) is 68.8 Å². The molecule has 1 aliphatic heterocycles. The Morgan fingerprint density at radius 2 is 1.91 bits per heavy atom. The maximum Gasteiger partial charge on any atom is 0.417 e. The molecule has 2 atom stereocenters. The van der Waals surface area contributed by atoms with E-state index in [1.165, 1.54) is 0 Å². The molecular formula is C26H29F3N4O. The highest BCUT2D eigenvalue weighted by atomic mass is 19.4. The number of aromatic nitrogens is 1. The first kappa shape index (κ1) is 22.9. The molecule has 180 valence electrons. The maximum absolute atomic E-state index is 13.6. The van der Waals surface area contributed by atoms with Gasteiger partial charge in [0.1, 0.15) is 0 Å². The van der Waals surface area contributed by atoms with Gasteiger partial charge in [-0.3, -0.25) is 4.79 Å². The predicted octanol–water partition coefficient (Wildman–Crippen LogP) is 4.76. The number of pyridine rings is 1. The first-order valence-corrected chi connectivity index (χ1v) is 11.9. The van der Waals surface area contributed by atoms with Crippen LogP contribution in [-0.2, 0) is 4.79 Å². The molecule has 34 heavy (non-hydrogen) atoms. The minimum absolute atomic E-state index is 0.0188. The third kappa shape index (κ3) is 4.82. The van der Waals surface area contributed by atoms with Crippen LogP contribution in [0.2, 0.25) is 0 Å².